The Morgan fingerprint density at radius 1 is 1.08 bits per heavy atom. The van der Waals surface area contributed by atoms with Crippen molar-refractivity contribution in [2.75, 3.05) is 28.4 Å². The Morgan fingerprint density at radius 3 is 2.33 bits per heavy atom. The minimum Gasteiger partial charge on any atom is -0.493 e. The Labute approximate surface area is 213 Å². The number of nitrogens with zero attached hydrogens (tertiary/aromatic N) is 2. The van der Waals surface area contributed by atoms with Gasteiger partial charge in [0.05, 0.1) is 38.9 Å². The number of amidine groups is 1. The highest BCUT2D eigenvalue weighted by atomic mass is 32.1. The number of carbonyl (C=O) groups excluding carboxylic acids is 1. The summed E-state index contributed by atoms with van der Waals surface area (Å²) in [7, 11) is 6.16. The first-order chi connectivity index (χ1) is 17.2. The number of nitrogens with one attached hydrogen (secondary N) is 1. The number of nitriles is 1. The van der Waals surface area contributed by atoms with Crippen LogP contribution in [0.1, 0.15) is 35.3 Å². The molecule has 0 saturated carbocycles. The number of likely N-dealkylation sites (tertiary alicyclic amines) is 1. The van der Waals surface area contributed by atoms with E-state index in [1.165, 1.54) is 49.7 Å². The first-order valence-corrected chi connectivity index (χ1v) is 12.0. The summed E-state index contributed by atoms with van der Waals surface area (Å²) in [6, 6.07) is 11.6. The van der Waals surface area contributed by atoms with Crippen molar-refractivity contribution in [1.29, 1.82) is 10.7 Å². The van der Waals surface area contributed by atoms with Crippen LogP contribution in [0.2, 0.25) is 0 Å². The summed E-state index contributed by atoms with van der Waals surface area (Å²) in [5.41, 5.74) is 1.45. The zero-order chi connectivity index (χ0) is 26.2. The van der Waals surface area contributed by atoms with Crippen molar-refractivity contribution >= 4 is 23.1 Å². The second-order valence-corrected chi connectivity index (χ2v) is 9.78. The number of carbonyl (C=O) groups is 1. The molecule has 36 heavy (non-hydrogen) atoms. The molecule has 1 unspecified atom stereocenters. The fourth-order valence-corrected chi connectivity index (χ4v) is 5.90. The first-order valence-electron chi connectivity index (χ1n) is 11.1. The van der Waals surface area contributed by atoms with Gasteiger partial charge in [-0.3, -0.25) is 10.2 Å². The molecule has 4 rings (SSSR count). The number of halogens is 1. The van der Waals surface area contributed by atoms with E-state index < -0.39 is 17.2 Å². The minimum atomic E-state index is -0.778. The lowest BCUT2D eigenvalue weighted by Gasteiger charge is -2.44. The first kappa shape index (κ1) is 25.2. The van der Waals surface area contributed by atoms with Gasteiger partial charge in [-0.1, -0.05) is 6.92 Å². The van der Waals surface area contributed by atoms with E-state index in [-0.39, 0.29) is 17.3 Å². The summed E-state index contributed by atoms with van der Waals surface area (Å²) >= 11 is 1.44. The van der Waals surface area contributed by atoms with Gasteiger partial charge in [0.2, 0.25) is 11.7 Å². The van der Waals surface area contributed by atoms with Crippen LogP contribution in [-0.2, 0) is 10.2 Å². The average molecular weight is 508 g/mol. The number of thiophene rings is 1. The van der Waals surface area contributed by atoms with Gasteiger partial charge in [0.25, 0.3) is 0 Å². The Morgan fingerprint density at radius 2 is 1.75 bits per heavy atom. The van der Waals surface area contributed by atoms with Gasteiger partial charge in [-0.25, -0.2) is 4.39 Å². The summed E-state index contributed by atoms with van der Waals surface area (Å²) in [4.78, 5) is 15.9. The topological polar surface area (TPSA) is 95.6 Å². The van der Waals surface area contributed by atoms with Crippen molar-refractivity contribution in [1.82, 2.24) is 4.90 Å². The van der Waals surface area contributed by atoms with E-state index in [1.54, 1.807) is 25.2 Å². The largest absolute Gasteiger partial charge is 0.493 e. The summed E-state index contributed by atoms with van der Waals surface area (Å²) < 4.78 is 30.6. The number of rotatable bonds is 6. The number of ether oxygens (including phenoxy) is 3. The van der Waals surface area contributed by atoms with Crippen molar-refractivity contribution in [2.45, 2.75) is 24.7 Å². The van der Waals surface area contributed by atoms with Crippen LogP contribution in [0.5, 0.6) is 17.2 Å². The molecule has 1 amide bonds. The van der Waals surface area contributed by atoms with E-state index in [0.717, 1.165) is 10.4 Å². The number of amides is 1. The predicted octanol–water partition coefficient (Wildman–Crippen LogP) is 5.33. The number of benzene rings is 2. The molecule has 2 heterocycles. The number of hydrogen-bond acceptors (Lipinski definition) is 7. The maximum absolute atomic E-state index is 14.1. The Bertz CT molecular complexity index is 1370. The SMILES string of the molecule is COc1cc(C2C(=O)N(C)C(=N)C[C@]2(C)c2cc(-c3cc(F)cc(C#N)c3)cs2)cc(OC)c1OC. The molecule has 2 aromatic carbocycles. The van der Waals surface area contributed by atoms with Crippen LogP contribution >= 0.6 is 11.3 Å². The molecule has 1 fully saturated rings. The molecular formula is C27H26FN3O4S. The van der Waals surface area contributed by atoms with E-state index >= 15 is 0 Å². The Kier molecular flexibility index (Phi) is 6.74. The zero-order valence-electron chi connectivity index (χ0n) is 20.6. The fourth-order valence-electron chi connectivity index (χ4n) is 4.78. The highest BCUT2D eigenvalue weighted by Crippen LogP contribution is 2.51. The van der Waals surface area contributed by atoms with E-state index in [1.807, 2.05) is 24.4 Å². The van der Waals surface area contributed by atoms with Gasteiger partial charge >= 0.3 is 0 Å². The van der Waals surface area contributed by atoms with Gasteiger partial charge in [-0.2, -0.15) is 5.26 Å². The Hall–Kier alpha value is -3.90. The third kappa shape index (κ3) is 4.18. The molecule has 1 N–H and O–H groups in total. The lowest BCUT2D eigenvalue weighted by atomic mass is 9.67. The van der Waals surface area contributed by atoms with E-state index in [2.05, 4.69) is 0 Å². The minimum absolute atomic E-state index is 0.207. The molecule has 0 radical (unpaired) electrons. The number of likely N-dealkylation sites (N-methyl/N-ethyl adjacent to an activating group) is 1. The van der Waals surface area contributed by atoms with Gasteiger partial charge in [0.15, 0.2) is 11.5 Å². The zero-order valence-corrected chi connectivity index (χ0v) is 21.5. The molecule has 2 atom stereocenters. The number of hydrogen-bond donors (Lipinski definition) is 1. The molecule has 1 aromatic heterocycles. The van der Waals surface area contributed by atoms with Crippen LogP contribution in [0.4, 0.5) is 4.39 Å². The summed E-state index contributed by atoms with van der Waals surface area (Å²) in [6.45, 7) is 1.96. The van der Waals surface area contributed by atoms with Crippen LogP contribution in [0, 0.1) is 22.6 Å². The summed E-state index contributed by atoms with van der Waals surface area (Å²) in [5, 5.41) is 19.6. The molecule has 0 spiro atoms. The van der Waals surface area contributed by atoms with E-state index in [0.29, 0.717) is 34.8 Å². The third-order valence-electron chi connectivity index (χ3n) is 6.70. The maximum Gasteiger partial charge on any atom is 0.236 e. The van der Waals surface area contributed by atoms with E-state index in [4.69, 9.17) is 19.6 Å². The van der Waals surface area contributed by atoms with Crippen LogP contribution in [0.3, 0.4) is 0 Å². The van der Waals surface area contributed by atoms with Gasteiger partial charge in [0.1, 0.15) is 11.7 Å². The smallest absolute Gasteiger partial charge is 0.236 e. The molecule has 0 bridgehead atoms. The molecule has 186 valence electrons. The van der Waals surface area contributed by atoms with Gasteiger partial charge < -0.3 is 19.1 Å². The van der Waals surface area contributed by atoms with Crippen LogP contribution in [0.25, 0.3) is 11.1 Å². The van der Waals surface area contributed by atoms with Crippen molar-refractivity contribution in [3.63, 3.8) is 0 Å². The molecule has 7 nitrogen and oxygen atoms in total. The van der Waals surface area contributed by atoms with Gasteiger partial charge in [0, 0.05) is 23.8 Å². The highest BCUT2D eigenvalue weighted by molar-refractivity contribution is 7.10. The molecule has 9 heteroatoms. The average Bonchev–Trinajstić information content (AvgIpc) is 3.37. The Balaban J connectivity index is 1.87. The molecule has 1 saturated heterocycles. The molecular weight excluding hydrogens is 481 g/mol. The van der Waals surface area contributed by atoms with Crippen LogP contribution in [0.15, 0.2) is 41.8 Å². The van der Waals surface area contributed by atoms with Crippen molar-refractivity contribution in [3.05, 3.63) is 63.6 Å². The molecule has 1 aliphatic heterocycles. The second-order valence-electron chi connectivity index (χ2n) is 8.87. The molecule has 0 aliphatic carbocycles. The lowest BCUT2D eigenvalue weighted by molar-refractivity contribution is -0.131. The predicted molar refractivity (Wildman–Crippen MR) is 136 cm³/mol. The summed E-state index contributed by atoms with van der Waals surface area (Å²) in [6.07, 6.45) is 0.309. The van der Waals surface area contributed by atoms with E-state index in [9.17, 15) is 14.4 Å². The van der Waals surface area contributed by atoms with Gasteiger partial charge in [-0.15, -0.1) is 11.3 Å². The normalized spacial score (nSPS) is 19.7. The highest BCUT2D eigenvalue weighted by Gasteiger charge is 2.49. The van der Waals surface area contributed by atoms with Gasteiger partial charge in [-0.05, 0) is 58.5 Å². The lowest BCUT2D eigenvalue weighted by Crippen LogP contribution is -2.51. The third-order valence-corrected chi connectivity index (χ3v) is 7.91. The molecule has 3 aromatic rings. The van der Waals surface area contributed by atoms with Crippen molar-refractivity contribution < 1.29 is 23.4 Å². The maximum atomic E-state index is 14.1. The monoisotopic (exact) mass is 507 g/mol. The standard InChI is InChI=1S/C27H26FN3O4S/c1-27(22-11-18(14-36-22)16-6-15(13-29)7-19(28)8-16)12-23(30)31(2)26(32)24(27)17-9-20(33-3)25(35-5)21(10-17)34-4/h6-11,14,24,30H,12H2,1-5H3/t24?,27-/m1/s1. The quantitative estimate of drug-likeness (QED) is 0.486. The van der Waals surface area contributed by atoms with Crippen LogP contribution < -0.4 is 14.2 Å². The molecule has 1 aliphatic rings. The summed E-state index contributed by atoms with van der Waals surface area (Å²) in [5.74, 6) is 0.122. The van der Waals surface area contributed by atoms with Crippen LogP contribution in [-0.4, -0.2) is 45.0 Å². The number of methoxy groups -OCH3 is 3. The fraction of sp³-hybridized carbons (Fsp3) is 0.296. The van der Waals surface area contributed by atoms with Crippen molar-refractivity contribution in [3.8, 4) is 34.4 Å². The number of piperidine rings is 1. The van der Waals surface area contributed by atoms with Crippen molar-refractivity contribution in [2.24, 2.45) is 0 Å². The second kappa shape index (κ2) is 9.63.